The number of hydrogen-bond acceptors (Lipinski definition) is 4. The van der Waals surface area contributed by atoms with Crippen LogP contribution in [0.5, 0.6) is 0 Å². The van der Waals surface area contributed by atoms with Gasteiger partial charge >= 0.3 is 0 Å². The van der Waals surface area contributed by atoms with Crippen molar-refractivity contribution in [2.45, 2.75) is 6.42 Å². The number of carbonyl (C=O) groups excluding carboxylic acids is 2. The van der Waals surface area contributed by atoms with E-state index >= 15 is 0 Å². The van der Waals surface area contributed by atoms with Gasteiger partial charge in [0.1, 0.15) is 11.6 Å². The number of ketones is 2. The van der Waals surface area contributed by atoms with Crippen LogP contribution in [0.3, 0.4) is 0 Å². The number of hydrogen-bond donors (Lipinski definition) is 0. The van der Waals surface area contributed by atoms with Crippen LogP contribution in [0.4, 0.5) is 8.78 Å². The van der Waals surface area contributed by atoms with Crippen molar-refractivity contribution in [1.29, 1.82) is 10.5 Å². The molecule has 0 bridgehead atoms. The van der Waals surface area contributed by atoms with Gasteiger partial charge in [-0.2, -0.15) is 10.5 Å². The number of Topliss-reactive ketones (excluding diaryl/α,β-unsaturated/α-hetero) is 2. The Morgan fingerprint density at radius 2 is 0.971 bits per heavy atom. The van der Waals surface area contributed by atoms with Crippen LogP contribution >= 0.6 is 0 Å². The van der Waals surface area contributed by atoms with Crippen LogP contribution in [-0.4, -0.2) is 11.6 Å². The van der Waals surface area contributed by atoms with Gasteiger partial charge in [-0.25, -0.2) is 8.78 Å². The van der Waals surface area contributed by atoms with Gasteiger partial charge < -0.3 is 0 Å². The molecule has 4 aromatic rings. The fourth-order valence-corrected chi connectivity index (χ4v) is 3.64. The van der Waals surface area contributed by atoms with Crippen molar-refractivity contribution in [3.8, 4) is 34.4 Å². The molecule has 0 aromatic heterocycles. The molecule has 0 saturated carbocycles. The van der Waals surface area contributed by atoms with E-state index in [1.807, 2.05) is 12.1 Å². The zero-order valence-electron chi connectivity index (χ0n) is 18.3. The van der Waals surface area contributed by atoms with Gasteiger partial charge in [-0.05, 0) is 47.5 Å². The average molecular weight is 462 g/mol. The smallest absolute Gasteiger partial charge is 0.170 e. The molecule has 0 spiro atoms. The lowest BCUT2D eigenvalue weighted by Crippen LogP contribution is -2.09. The van der Waals surface area contributed by atoms with Crippen LogP contribution < -0.4 is 0 Å². The molecule has 0 radical (unpaired) electrons. The second-order valence-electron chi connectivity index (χ2n) is 7.79. The van der Waals surface area contributed by atoms with Crippen LogP contribution in [0.2, 0.25) is 0 Å². The van der Waals surface area contributed by atoms with E-state index in [-0.39, 0.29) is 22.3 Å². The molecular formula is C29H16F2N2O2. The first-order chi connectivity index (χ1) is 16.9. The van der Waals surface area contributed by atoms with Gasteiger partial charge in [-0.1, -0.05) is 48.5 Å². The first-order valence-corrected chi connectivity index (χ1v) is 10.6. The van der Waals surface area contributed by atoms with Gasteiger partial charge in [0.25, 0.3) is 0 Å². The molecule has 0 aliphatic rings. The van der Waals surface area contributed by atoms with Crippen molar-refractivity contribution < 1.29 is 18.4 Å². The molecule has 4 aromatic carbocycles. The maximum Gasteiger partial charge on any atom is 0.170 e. The van der Waals surface area contributed by atoms with Crippen molar-refractivity contribution in [3.63, 3.8) is 0 Å². The van der Waals surface area contributed by atoms with E-state index in [1.165, 1.54) is 24.3 Å². The molecule has 4 nitrogen and oxygen atoms in total. The van der Waals surface area contributed by atoms with E-state index in [4.69, 9.17) is 10.5 Å². The zero-order chi connectivity index (χ0) is 24.9. The SMILES string of the molecule is N#Cc1ccc(-c2ccc(C(=O)CC(=O)c3ccc(-c4ccc(C#N)cc4)c(F)c3)cc2F)cc1. The van der Waals surface area contributed by atoms with Crippen molar-refractivity contribution in [2.75, 3.05) is 0 Å². The minimum Gasteiger partial charge on any atom is -0.294 e. The van der Waals surface area contributed by atoms with E-state index < -0.39 is 29.6 Å². The second-order valence-corrected chi connectivity index (χ2v) is 7.79. The van der Waals surface area contributed by atoms with E-state index in [9.17, 15) is 18.4 Å². The first kappa shape index (κ1) is 23.2. The zero-order valence-corrected chi connectivity index (χ0v) is 18.3. The van der Waals surface area contributed by atoms with Crippen LogP contribution in [0, 0.1) is 34.3 Å². The molecule has 0 heterocycles. The summed E-state index contributed by atoms with van der Waals surface area (Å²) >= 11 is 0. The summed E-state index contributed by atoms with van der Waals surface area (Å²) in [6.45, 7) is 0. The number of nitrogens with zero attached hydrogens (tertiary/aromatic N) is 2. The Morgan fingerprint density at radius 3 is 1.29 bits per heavy atom. The van der Waals surface area contributed by atoms with Gasteiger partial charge in [0, 0.05) is 22.3 Å². The van der Waals surface area contributed by atoms with Gasteiger partial charge in [0.2, 0.25) is 0 Å². The van der Waals surface area contributed by atoms with Crippen LogP contribution in [-0.2, 0) is 0 Å². The highest BCUT2D eigenvalue weighted by atomic mass is 19.1. The summed E-state index contributed by atoms with van der Waals surface area (Å²) in [5.41, 5.74) is 2.58. The van der Waals surface area contributed by atoms with Crippen molar-refractivity contribution >= 4 is 11.6 Å². The van der Waals surface area contributed by atoms with Gasteiger partial charge in [-0.3, -0.25) is 9.59 Å². The molecule has 0 unspecified atom stereocenters. The molecule has 35 heavy (non-hydrogen) atoms. The summed E-state index contributed by atoms with van der Waals surface area (Å²) in [5, 5.41) is 17.8. The maximum atomic E-state index is 14.7. The van der Waals surface area contributed by atoms with Gasteiger partial charge in [0.15, 0.2) is 11.6 Å². The highest BCUT2D eigenvalue weighted by molar-refractivity contribution is 6.13. The first-order valence-electron chi connectivity index (χ1n) is 10.6. The third-order valence-electron chi connectivity index (χ3n) is 5.55. The molecule has 0 atom stereocenters. The lowest BCUT2D eigenvalue weighted by atomic mass is 9.96. The Labute approximate surface area is 200 Å². The Kier molecular flexibility index (Phi) is 6.57. The highest BCUT2D eigenvalue weighted by Gasteiger charge is 2.17. The van der Waals surface area contributed by atoms with Crippen LogP contribution in [0.1, 0.15) is 38.3 Å². The van der Waals surface area contributed by atoms with Crippen LogP contribution in [0.15, 0.2) is 84.9 Å². The summed E-state index contributed by atoms with van der Waals surface area (Å²) in [4.78, 5) is 25.2. The Bertz CT molecular complexity index is 1410. The largest absolute Gasteiger partial charge is 0.294 e. The summed E-state index contributed by atoms with van der Waals surface area (Å²) in [5.74, 6) is -2.44. The van der Waals surface area contributed by atoms with Crippen molar-refractivity contribution in [2.24, 2.45) is 0 Å². The molecule has 0 aliphatic carbocycles. The number of nitriles is 2. The molecule has 168 valence electrons. The summed E-state index contributed by atoms with van der Waals surface area (Å²) in [6, 6.07) is 24.6. The van der Waals surface area contributed by atoms with Gasteiger partial charge in [-0.15, -0.1) is 0 Å². The molecular weight excluding hydrogens is 446 g/mol. The lowest BCUT2D eigenvalue weighted by Gasteiger charge is -2.08. The summed E-state index contributed by atoms with van der Waals surface area (Å²) in [6.07, 6.45) is -0.536. The molecule has 4 rings (SSSR count). The standard InChI is InChI=1S/C29H16F2N2O2/c30-26-13-22(9-11-24(26)20-5-1-18(16-32)2-6-20)28(34)15-29(35)23-10-12-25(27(31)14-23)21-7-3-19(17-33)4-8-21/h1-14H,15H2. The second kappa shape index (κ2) is 9.91. The molecule has 0 fully saturated rings. The quantitative estimate of drug-likeness (QED) is 0.242. The number of halogens is 2. The third kappa shape index (κ3) is 5.03. The monoisotopic (exact) mass is 462 g/mol. The van der Waals surface area contributed by atoms with Crippen molar-refractivity contribution in [1.82, 2.24) is 0 Å². The Morgan fingerprint density at radius 1 is 0.600 bits per heavy atom. The Balaban J connectivity index is 1.49. The predicted octanol–water partition coefficient (Wildman–Crippen LogP) is 6.50. The summed E-state index contributed by atoms with van der Waals surface area (Å²) in [7, 11) is 0. The lowest BCUT2D eigenvalue weighted by molar-refractivity contribution is 0.0893. The third-order valence-corrected chi connectivity index (χ3v) is 5.55. The van der Waals surface area contributed by atoms with E-state index in [2.05, 4.69) is 0 Å². The molecule has 0 amide bonds. The van der Waals surface area contributed by atoms with E-state index in [0.717, 1.165) is 12.1 Å². The van der Waals surface area contributed by atoms with Gasteiger partial charge in [0.05, 0.1) is 29.7 Å². The minimum atomic E-state index is -0.633. The number of rotatable bonds is 6. The predicted molar refractivity (Wildman–Crippen MR) is 126 cm³/mol. The average Bonchev–Trinajstić information content (AvgIpc) is 2.88. The van der Waals surface area contributed by atoms with E-state index in [0.29, 0.717) is 22.3 Å². The topological polar surface area (TPSA) is 81.7 Å². The molecule has 0 N–H and O–H groups in total. The fraction of sp³-hybridized carbons (Fsp3) is 0.0345. The maximum absolute atomic E-state index is 14.7. The molecule has 6 heteroatoms. The fourth-order valence-electron chi connectivity index (χ4n) is 3.64. The number of benzene rings is 4. The molecule has 0 aliphatic heterocycles. The van der Waals surface area contributed by atoms with E-state index in [1.54, 1.807) is 48.5 Å². The highest BCUT2D eigenvalue weighted by Crippen LogP contribution is 2.26. The molecule has 0 saturated heterocycles. The minimum absolute atomic E-state index is 0.0305. The van der Waals surface area contributed by atoms with Crippen LogP contribution in [0.25, 0.3) is 22.3 Å². The number of carbonyl (C=O) groups is 2. The summed E-state index contributed by atoms with van der Waals surface area (Å²) < 4.78 is 29.4. The Hall–Kier alpha value is -4.94. The normalized spacial score (nSPS) is 10.3. The van der Waals surface area contributed by atoms with Crippen molar-refractivity contribution in [3.05, 3.63) is 119 Å².